The Balaban J connectivity index is 1.81. The molecule has 0 saturated heterocycles. The molecule has 0 aliphatic heterocycles. The second-order valence-electron chi connectivity index (χ2n) is 11.0. The average Bonchev–Trinajstić information content (AvgIpc) is 3.08. The van der Waals surface area contributed by atoms with E-state index >= 15 is 0 Å². The standard InChI is InChI=1S/C36H39Cl2N3O5S/c1-4-26(3)39-36(43)34(23-27-12-8-6-9-13-27)40(24-28-16-21-32(37)33(38)22-28)35(42)25-41(29-17-19-30(20-18-29)46-5-2)47(44,45)31-14-10-7-11-15-31/h6-22,26,34H,4-5,23-25H2,1-3H3,(H,39,43)/t26-,34+/m0/s1. The number of ether oxygens (including phenoxy) is 1. The molecule has 4 rings (SSSR count). The van der Waals surface area contributed by atoms with Crippen molar-refractivity contribution >= 4 is 50.7 Å². The largest absolute Gasteiger partial charge is 0.494 e. The Hall–Kier alpha value is -4.05. The summed E-state index contributed by atoms with van der Waals surface area (Å²) in [6.45, 7) is 5.54. The Bertz CT molecular complexity index is 1740. The van der Waals surface area contributed by atoms with Gasteiger partial charge < -0.3 is 15.0 Å². The highest BCUT2D eigenvalue weighted by molar-refractivity contribution is 7.92. The van der Waals surface area contributed by atoms with Crippen LogP contribution in [0.15, 0.2) is 108 Å². The van der Waals surface area contributed by atoms with E-state index in [0.717, 1.165) is 9.87 Å². The lowest BCUT2D eigenvalue weighted by Crippen LogP contribution is -2.54. The summed E-state index contributed by atoms with van der Waals surface area (Å²) in [5, 5.41) is 3.67. The lowest BCUT2D eigenvalue weighted by molar-refractivity contribution is -0.140. The van der Waals surface area contributed by atoms with Crippen LogP contribution in [0.1, 0.15) is 38.3 Å². The van der Waals surface area contributed by atoms with Crippen molar-refractivity contribution in [2.24, 2.45) is 0 Å². The molecule has 4 aromatic rings. The van der Waals surface area contributed by atoms with Crippen LogP contribution in [0, 0.1) is 0 Å². The van der Waals surface area contributed by atoms with Gasteiger partial charge in [-0.1, -0.05) is 84.7 Å². The normalized spacial score (nSPS) is 12.5. The molecule has 0 unspecified atom stereocenters. The third-order valence-electron chi connectivity index (χ3n) is 7.65. The van der Waals surface area contributed by atoms with Gasteiger partial charge in [-0.15, -0.1) is 0 Å². The van der Waals surface area contributed by atoms with Crippen LogP contribution in [0.2, 0.25) is 10.0 Å². The molecule has 8 nitrogen and oxygen atoms in total. The zero-order valence-corrected chi connectivity index (χ0v) is 28.9. The van der Waals surface area contributed by atoms with Gasteiger partial charge in [0, 0.05) is 19.0 Å². The van der Waals surface area contributed by atoms with Crippen molar-refractivity contribution in [1.82, 2.24) is 10.2 Å². The lowest BCUT2D eigenvalue weighted by Gasteiger charge is -2.34. The fourth-order valence-electron chi connectivity index (χ4n) is 4.95. The zero-order chi connectivity index (χ0) is 34.0. The van der Waals surface area contributed by atoms with Crippen LogP contribution in [0.25, 0.3) is 0 Å². The molecule has 0 aliphatic carbocycles. The number of benzene rings is 4. The summed E-state index contributed by atoms with van der Waals surface area (Å²) in [7, 11) is -4.21. The second-order valence-corrected chi connectivity index (χ2v) is 13.7. The molecule has 0 saturated carbocycles. The van der Waals surface area contributed by atoms with Gasteiger partial charge in [-0.2, -0.15) is 0 Å². The minimum absolute atomic E-state index is 0.0214. The van der Waals surface area contributed by atoms with Gasteiger partial charge in [-0.25, -0.2) is 8.42 Å². The van der Waals surface area contributed by atoms with Gasteiger partial charge in [0.05, 0.1) is 27.2 Å². The topological polar surface area (TPSA) is 96.0 Å². The van der Waals surface area contributed by atoms with E-state index in [4.69, 9.17) is 27.9 Å². The van der Waals surface area contributed by atoms with E-state index in [1.54, 1.807) is 60.7 Å². The smallest absolute Gasteiger partial charge is 0.264 e. The molecule has 248 valence electrons. The number of nitrogens with one attached hydrogen (secondary N) is 1. The van der Waals surface area contributed by atoms with Gasteiger partial charge in [0.1, 0.15) is 18.3 Å². The predicted octanol–water partition coefficient (Wildman–Crippen LogP) is 7.14. The first kappa shape index (κ1) is 35.8. The van der Waals surface area contributed by atoms with Crippen LogP contribution in [0.4, 0.5) is 5.69 Å². The number of hydrogen-bond acceptors (Lipinski definition) is 5. The maximum absolute atomic E-state index is 14.6. The monoisotopic (exact) mass is 695 g/mol. The fourth-order valence-corrected chi connectivity index (χ4v) is 6.71. The van der Waals surface area contributed by atoms with Crippen molar-refractivity contribution in [1.29, 1.82) is 0 Å². The minimum Gasteiger partial charge on any atom is -0.494 e. The molecule has 4 aromatic carbocycles. The molecular weight excluding hydrogens is 657 g/mol. The highest BCUT2D eigenvalue weighted by atomic mass is 35.5. The number of rotatable bonds is 15. The molecule has 0 aliphatic rings. The number of carbonyl (C=O) groups is 2. The van der Waals surface area contributed by atoms with Gasteiger partial charge in [0.25, 0.3) is 10.0 Å². The summed E-state index contributed by atoms with van der Waals surface area (Å²) in [6, 6.07) is 27.7. The molecule has 2 amide bonds. The summed E-state index contributed by atoms with van der Waals surface area (Å²) in [6.07, 6.45) is 0.885. The third-order valence-corrected chi connectivity index (χ3v) is 10.2. The molecule has 0 radical (unpaired) electrons. The SMILES string of the molecule is CCOc1ccc(N(CC(=O)N(Cc2ccc(Cl)c(Cl)c2)[C@H](Cc2ccccc2)C(=O)N[C@@H](C)CC)S(=O)(=O)c2ccccc2)cc1. The number of amides is 2. The van der Waals surface area contributed by atoms with Crippen molar-refractivity contribution in [3.8, 4) is 5.75 Å². The first-order chi connectivity index (χ1) is 22.5. The lowest BCUT2D eigenvalue weighted by atomic mass is 10.0. The van der Waals surface area contributed by atoms with Crippen molar-refractivity contribution in [3.05, 3.63) is 124 Å². The van der Waals surface area contributed by atoms with Gasteiger partial charge in [-0.3, -0.25) is 13.9 Å². The molecule has 0 bridgehead atoms. The van der Waals surface area contributed by atoms with Gasteiger partial charge in [0.2, 0.25) is 11.8 Å². The third kappa shape index (κ3) is 9.50. The fraction of sp³-hybridized carbons (Fsp3) is 0.278. The highest BCUT2D eigenvalue weighted by Crippen LogP contribution is 2.28. The molecular formula is C36H39Cl2N3O5S. The van der Waals surface area contributed by atoms with E-state index in [-0.39, 0.29) is 35.5 Å². The van der Waals surface area contributed by atoms with Crippen molar-refractivity contribution in [2.75, 3.05) is 17.5 Å². The van der Waals surface area contributed by atoms with E-state index < -0.39 is 28.5 Å². The Labute approximate surface area is 287 Å². The molecule has 0 heterocycles. The highest BCUT2D eigenvalue weighted by Gasteiger charge is 2.35. The summed E-state index contributed by atoms with van der Waals surface area (Å²) < 4.78 is 34.9. The van der Waals surface area contributed by atoms with E-state index in [2.05, 4.69) is 5.32 Å². The quantitative estimate of drug-likeness (QED) is 0.143. The van der Waals surface area contributed by atoms with Crippen LogP contribution >= 0.6 is 23.2 Å². The maximum atomic E-state index is 14.6. The number of sulfonamides is 1. The van der Waals surface area contributed by atoms with Crippen molar-refractivity contribution < 1.29 is 22.7 Å². The first-order valence-electron chi connectivity index (χ1n) is 15.4. The number of hydrogen-bond donors (Lipinski definition) is 1. The molecule has 0 aromatic heterocycles. The van der Waals surface area contributed by atoms with E-state index in [0.29, 0.717) is 34.4 Å². The van der Waals surface area contributed by atoms with Crippen LogP contribution < -0.4 is 14.4 Å². The number of halogens is 2. The van der Waals surface area contributed by atoms with E-state index in [9.17, 15) is 18.0 Å². The maximum Gasteiger partial charge on any atom is 0.264 e. The second kappa shape index (κ2) is 16.7. The Kier molecular flexibility index (Phi) is 12.7. The van der Waals surface area contributed by atoms with E-state index in [1.165, 1.54) is 17.0 Å². The van der Waals surface area contributed by atoms with Gasteiger partial charge in [-0.05, 0) is 79.9 Å². The van der Waals surface area contributed by atoms with E-state index in [1.807, 2.05) is 51.1 Å². The molecule has 0 spiro atoms. The minimum atomic E-state index is -4.21. The Morgan fingerprint density at radius 2 is 1.47 bits per heavy atom. The Morgan fingerprint density at radius 1 is 0.830 bits per heavy atom. The summed E-state index contributed by atoms with van der Waals surface area (Å²) in [5.41, 5.74) is 1.73. The molecule has 0 fully saturated rings. The number of anilines is 1. The average molecular weight is 697 g/mol. The number of carbonyl (C=O) groups excluding carboxylic acids is 2. The van der Waals surface area contributed by atoms with Crippen molar-refractivity contribution in [3.63, 3.8) is 0 Å². The zero-order valence-electron chi connectivity index (χ0n) is 26.6. The molecule has 47 heavy (non-hydrogen) atoms. The first-order valence-corrected chi connectivity index (χ1v) is 17.6. The predicted molar refractivity (Wildman–Crippen MR) is 187 cm³/mol. The van der Waals surface area contributed by atoms with Crippen LogP contribution in [-0.4, -0.2) is 50.4 Å². The molecule has 1 N–H and O–H groups in total. The van der Waals surface area contributed by atoms with Gasteiger partial charge >= 0.3 is 0 Å². The summed E-state index contributed by atoms with van der Waals surface area (Å²) >= 11 is 12.5. The van der Waals surface area contributed by atoms with Gasteiger partial charge in [0.15, 0.2) is 0 Å². The summed E-state index contributed by atoms with van der Waals surface area (Å²) in [5.74, 6) is -0.370. The molecule has 2 atom stereocenters. The van der Waals surface area contributed by atoms with Crippen LogP contribution in [0.3, 0.4) is 0 Å². The summed E-state index contributed by atoms with van der Waals surface area (Å²) in [4.78, 5) is 30.0. The van der Waals surface area contributed by atoms with Crippen LogP contribution in [-0.2, 0) is 32.6 Å². The van der Waals surface area contributed by atoms with Crippen LogP contribution in [0.5, 0.6) is 5.75 Å². The van der Waals surface area contributed by atoms with Crippen molar-refractivity contribution in [2.45, 2.75) is 57.1 Å². The number of nitrogens with zero attached hydrogens (tertiary/aromatic N) is 2. The molecule has 11 heteroatoms. The Morgan fingerprint density at radius 3 is 2.06 bits per heavy atom.